The number of carbonyl (C=O) groups is 1. The smallest absolute Gasteiger partial charge is 0.270 e. The zero-order chi connectivity index (χ0) is 16.8. The molecule has 2 rings (SSSR count). The lowest BCUT2D eigenvalue weighted by Crippen LogP contribution is -2.32. The van der Waals surface area contributed by atoms with Crippen molar-refractivity contribution < 1.29 is 4.79 Å². The van der Waals surface area contributed by atoms with Gasteiger partial charge in [0.1, 0.15) is 17.3 Å². The molecule has 0 saturated heterocycles. The van der Waals surface area contributed by atoms with Crippen LogP contribution in [0, 0.1) is 18.3 Å². The number of aryl methyl sites for hydroxylation is 1. The van der Waals surface area contributed by atoms with Gasteiger partial charge in [-0.15, -0.1) is 0 Å². The number of nitrogens with zero attached hydrogens (tertiary/aromatic N) is 3. The third-order valence-electron chi connectivity index (χ3n) is 3.32. The van der Waals surface area contributed by atoms with Crippen LogP contribution in [-0.4, -0.2) is 21.9 Å². The van der Waals surface area contributed by atoms with Gasteiger partial charge in [-0.3, -0.25) is 4.79 Å². The molecule has 2 N–H and O–H groups in total. The Morgan fingerprint density at radius 2 is 2.13 bits per heavy atom. The molecule has 23 heavy (non-hydrogen) atoms. The number of nitriles is 1. The van der Waals surface area contributed by atoms with Gasteiger partial charge in [0.25, 0.3) is 5.91 Å². The van der Waals surface area contributed by atoms with Gasteiger partial charge in [-0.2, -0.15) is 5.26 Å². The third-order valence-corrected chi connectivity index (χ3v) is 3.32. The summed E-state index contributed by atoms with van der Waals surface area (Å²) in [5, 5.41) is 14.9. The maximum Gasteiger partial charge on any atom is 0.270 e. The van der Waals surface area contributed by atoms with Crippen LogP contribution < -0.4 is 10.6 Å². The summed E-state index contributed by atoms with van der Waals surface area (Å²) >= 11 is 0. The lowest BCUT2D eigenvalue weighted by atomic mass is 10.2. The van der Waals surface area contributed by atoms with E-state index in [0.29, 0.717) is 22.9 Å². The summed E-state index contributed by atoms with van der Waals surface area (Å²) in [4.78, 5) is 20.7. The summed E-state index contributed by atoms with van der Waals surface area (Å²) in [6.07, 6.45) is 0.849. The Kier molecular flexibility index (Phi) is 5.26. The van der Waals surface area contributed by atoms with E-state index < -0.39 is 0 Å². The predicted octanol–water partition coefficient (Wildman–Crippen LogP) is 2.93. The van der Waals surface area contributed by atoms with Gasteiger partial charge < -0.3 is 10.6 Å². The van der Waals surface area contributed by atoms with Gasteiger partial charge in [-0.05, 0) is 38.5 Å². The van der Waals surface area contributed by atoms with E-state index in [4.69, 9.17) is 5.26 Å². The quantitative estimate of drug-likeness (QED) is 0.886. The van der Waals surface area contributed by atoms with Crippen molar-refractivity contribution in [1.82, 2.24) is 15.3 Å². The molecule has 2 aromatic rings. The van der Waals surface area contributed by atoms with Crippen LogP contribution in [0.2, 0.25) is 0 Å². The molecular formula is C17H19N5O. The van der Waals surface area contributed by atoms with Crippen LogP contribution in [0.3, 0.4) is 0 Å². The Balaban J connectivity index is 2.23. The molecule has 6 nitrogen and oxygen atoms in total. The minimum atomic E-state index is -0.223. The number of anilines is 2. The van der Waals surface area contributed by atoms with Crippen molar-refractivity contribution in [2.75, 3.05) is 5.32 Å². The third kappa shape index (κ3) is 4.51. The molecule has 1 atom stereocenters. The van der Waals surface area contributed by atoms with Gasteiger partial charge in [-0.25, -0.2) is 9.97 Å². The molecule has 1 amide bonds. The topological polar surface area (TPSA) is 90.7 Å². The molecule has 1 aromatic heterocycles. The van der Waals surface area contributed by atoms with Gasteiger partial charge in [0.15, 0.2) is 0 Å². The Labute approximate surface area is 135 Å². The molecule has 0 aliphatic carbocycles. The molecule has 6 heteroatoms. The van der Waals surface area contributed by atoms with Gasteiger partial charge in [0.05, 0.1) is 11.6 Å². The highest BCUT2D eigenvalue weighted by Gasteiger charge is 2.12. The number of hydrogen-bond donors (Lipinski definition) is 2. The van der Waals surface area contributed by atoms with E-state index in [9.17, 15) is 4.79 Å². The molecule has 0 spiro atoms. The molecule has 1 heterocycles. The highest BCUT2D eigenvalue weighted by Crippen LogP contribution is 2.17. The second-order valence-corrected chi connectivity index (χ2v) is 5.29. The molecule has 0 bridgehead atoms. The summed E-state index contributed by atoms with van der Waals surface area (Å²) in [6, 6.07) is 10.8. The van der Waals surface area contributed by atoms with Crippen LogP contribution >= 0.6 is 0 Å². The fourth-order valence-electron chi connectivity index (χ4n) is 1.96. The number of hydrogen-bond acceptors (Lipinski definition) is 5. The first-order valence-corrected chi connectivity index (χ1v) is 7.45. The number of carbonyl (C=O) groups excluding carboxylic acids is 1. The molecule has 118 valence electrons. The van der Waals surface area contributed by atoms with Crippen molar-refractivity contribution >= 4 is 17.4 Å². The van der Waals surface area contributed by atoms with E-state index in [-0.39, 0.29) is 11.9 Å². The molecule has 0 saturated carbocycles. The van der Waals surface area contributed by atoms with Crippen LogP contribution in [0.1, 0.15) is 42.1 Å². The van der Waals surface area contributed by atoms with Crippen molar-refractivity contribution in [3.63, 3.8) is 0 Å². The fraction of sp³-hybridized carbons (Fsp3) is 0.294. The monoisotopic (exact) mass is 309 g/mol. The second kappa shape index (κ2) is 7.36. The Morgan fingerprint density at radius 1 is 1.35 bits per heavy atom. The van der Waals surface area contributed by atoms with Crippen molar-refractivity contribution in [2.45, 2.75) is 33.2 Å². The Bertz CT molecular complexity index is 751. The summed E-state index contributed by atoms with van der Waals surface area (Å²) in [5.41, 5.74) is 1.60. The standard InChI is InChI=1S/C17H19N5O/c1-4-11(2)19-17(23)15-9-16(21-12(3)20-15)22-14-7-5-6-13(8-14)10-18/h5-9,11H,4H2,1-3H3,(H,19,23)(H,20,21,22). The summed E-state index contributed by atoms with van der Waals surface area (Å²) in [5.74, 6) is 0.793. The first-order chi connectivity index (χ1) is 11.0. The Morgan fingerprint density at radius 3 is 2.83 bits per heavy atom. The highest BCUT2D eigenvalue weighted by molar-refractivity contribution is 5.93. The van der Waals surface area contributed by atoms with Crippen molar-refractivity contribution in [3.05, 3.63) is 47.4 Å². The van der Waals surface area contributed by atoms with E-state index in [0.717, 1.165) is 12.1 Å². The van der Waals surface area contributed by atoms with Crippen LogP contribution in [0.25, 0.3) is 0 Å². The van der Waals surface area contributed by atoms with Crippen molar-refractivity contribution in [3.8, 4) is 6.07 Å². The molecule has 1 unspecified atom stereocenters. The van der Waals surface area contributed by atoms with E-state index >= 15 is 0 Å². The van der Waals surface area contributed by atoms with Crippen LogP contribution in [0.4, 0.5) is 11.5 Å². The number of amides is 1. The summed E-state index contributed by atoms with van der Waals surface area (Å²) < 4.78 is 0. The number of aromatic nitrogens is 2. The zero-order valence-corrected chi connectivity index (χ0v) is 13.4. The molecule has 0 fully saturated rings. The van der Waals surface area contributed by atoms with Crippen molar-refractivity contribution in [2.24, 2.45) is 0 Å². The first kappa shape index (κ1) is 16.4. The number of rotatable bonds is 5. The molecule has 0 radical (unpaired) electrons. The largest absolute Gasteiger partial charge is 0.348 e. The van der Waals surface area contributed by atoms with Gasteiger partial charge in [0.2, 0.25) is 0 Å². The minimum Gasteiger partial charge on any atom is -0.348 e. The normalized spacial score (nSPS) is 11.4. The summed E-state index contributed by atoms with van der Waals surface area (Å²) in [6.45, 7) is 5.68. The summed E-state index contributed by atoms with van der Waals surface area (Å²) in [7, 11) is 0. The first-order valence-electron chi connectivity index (χ1n) is 7.45. The van der Waals surface area contributed by atoms with E-state index in [1.165, 1.54) is 0 Å². The average Bonchev–Trinajstić information content (AvgIpc) is 2.54. The van der Waals surface area contributed by atoms with Crippen LogP contribution in [-0.2, 0) is 0 Å². The zero-order valence-electron chi connectivity index (χ0n) is 13.4. The van der Waals surface area contributed by atoms with Gasteiger partial charge in [0, 0.05) is 17.8 Å². The second-order valence-electron chi connectivity index (χ2n) is 5.29. The molecule has 1 aromatic carbocycles. The van der Waals surface area contributed by atoms with E-state index in [1.807, 2.05) is 19.9 Å². The van der Waals surface area contributed by atoms with E-state index in [2.05, 4.69) is 26.7 Å². The SMILES string of the molecule is CCC(C)NC(=O)c1cc(Nc2cccc(C#N)c2)nc(C)n1. The highest BCUT2D eigenvalue weighted by atomic mass is 16.1. The van der Waals surface area contributed by atoms with E-state index in [1.54, 1.807) is 31.2 Å². The lowest BCUT2D eigenvalue weighted by Gasteiger charge is -2.12. The molecular weight excluding hydrogens is 290 g/mol. The average molecular weight is 309 g/mol. The van der Waals surface area contributed by atoms with Crippen molar-refractivity contribution in [1.29, 1.82) is 5.26 Å². The van der Waals surface area contributed by atoms with Crippen LogP contribution in [0.5, 0.6) is 0 Å². The maximum absolute atomic E-state index is 12.2. The van der Waals surface area contributed by atoms with Gasteiger partial charge in [-0.1, -0.05) is 13.0 Å². The van der Waals surface area contributed by atoms with Crippen LogP contribution in [0.15, 0.2) is 30.3 Å². The molecule has 0 aliphatic heterocycles. The minimum absolute atomic E-state index is 0.0847. The number of benzene rings is 1. The predicted molar refractivity (Wildman–Crippen MR) is 88.4 cm³/mol. The molecule has 0 aliphatic rings. The number of nitrogens with one attached hydrogen (secondary N) is 2. The van der Waals surface area contributed by atoms with Gasteiger partial charge >= 0.3 is 0 Å². The lowest BCUT2D eigenvalue weighted by molar-refractivity contribution is 0.0934. The Hall–Kier alpha value is -2.94. The fourth-order valence-corrected chi connectivity index (χ4v) is 1.96. The maximum atomic E-state index is 12.2.